The SMILES string of the molecule is CC(=O)NC(CNCC(OC(=O)/C=C/C(=O)O)c1ccccc1Cl)c1ccccc1. The van der Waals surface area contributed by atoms with Crippen molar-refractivity contribution in [3.05, 3.63) is 82.9 Å². The zero-order valence-electron chi connectivity index (χ0n) is 16.4. The maximum absolute atomic E-state index is 12.0. The summed E-state index contributed by atoms with van der Waals surface area (Å²) in [5, 5.41) is 15.2. The van der Waals surface area contributed by atoms with Gasteiger partial charge in [0.1, 0.15) is 6.10 Å². The van der Waals surface area contributed by atoms with Gasteiger partial charge in [-0.3, -0.25) is 4.79 Å². The smallest absolute Gasteiger partial charge is 0.331 e. The van der Waals surface area contributed by atoms with Crippen LogP contribution in [0.2, 0.25) is 5.02 Å². The van der Waals surface area contributed by atoms with E-state index in [9.17, 15) is 14.4 Å². The van der Waals surface area contributed by atoms with Crippen molar-refractivity contribution in [3.63, 3.8) is 0 Å². The van der Waals surface area contributed by atoms with Gasteiger partial charge in [0, 0.05) is 42.8 Å². The van der Waals surface area contributed by atoms with Gasteiger partial charge in [0.15, 0.2) is 0 Å². The summed E-state index contributed by atoms with van der Waals surface area (Å²) in [5.41, 5.74) is 1.51. The largest absolute Gasteiger partial charge is 0.478 e. The molecule has 0 radical (unpaired) electrons. The van der Waals surface area contributed by atoms with E-state index >= 15 is 0 Å². The molecule has 0 saturated heterocycles. The van der Waals surface area contributed by atoms with Crippen LogP contribution < -0.4 is 10.6 Å². The van der Waals surface area contributed by atoms with Gasteiger partial charge in [-0.1, -0.05) is 60.1 Å². The molecule has 30 heavy (non-hydrogen) atoms. The van der Waals surface area contributed by atoms with Gasteiger partial charge in [-0.15, -0.1) is 0 Å². The highest BCUT2D eigenvalue weighted by Gasteiger charge is 2.20. The Kier molecular flexibility index (Phi) is 9.05. The number of aliphatic carboxylic acids is 1. The average Bonchev–Trinajstić information content (AvgIpc) is 2.71. The van der Waals surface area contributed by atoms with Gasteiger partial charge in [-0.2, -0.15) is 0 Å². The number of halogens is 1. The molecule has 2 rings (SSSR count). The summed E-state index contributed by atoms with van der Waals surface area (Å²) >= 11 is 6.25. The Labute approximate surface area is 179 Å². The molecule has 0 bridgehead atoms. The first-order chi connectivity index (χ1) is 14.4. The number of ether oxygens (including phenoxy) is 1. The molecule has 2 atom stereocenters. The van der Waals surface area contributed by atoms with Crippen LogP contribution in [0.4, 0.5) is 0 Å². The number of nitrogens with one attached hydrogen (secondary N) is 2. The van der Waals surface area contributed by atoms with Gasteiger partial charge in [0.05, 0.1) is 6.04 Å². The minimum Gasteiger partial charge on any atom is -0.478 e. The highest BCUT2D eigenvalue weighted by atomic mass is 35.5. The van der Waals surface area contributed by atoms with Gasteiger partial charge in [-0.05, 0) is 11.6 Å². The molecule has 1 amide bonds. The van der Waals surface area contributed by atoms with Crippen LogP contribution in [0.1, 0.15) is 30.2 Å². The Morgan fingerprint density at radius 1 is 1.03 bits per heavy atom. The predicted octanol–water partition coefficient (Wildman–Crippen LogP) is 3.03. The van der Waals surface area contributed by atoms with Crippen molar-refractivity contribution in [2.24, 2.45) is 0 Å². The number of amides is 1. The highest BCUT2D eigenvalue weighted by molar-refractivity contribution is 6.31. The molecule has 158 valence electrons. The zero-order valence-corrected chi connectivity index (χ0v) is 17.1. The third kappa shape index (κ3) is 7.69. The van der Waals surface area contributed by atoms with Crippen LogP contribution in [0.5, 0.6) is 0 Å². The van der Waals surface area contributed by atoms with E-state index < -0.39 is 18.0 Å². The molecule has 0 saturated carbocycles. The van der Waals surface area contributed by atoms with Crippen LogP contribution in [0, 0.1) is 0 Å². The molecule has 0 aromatic heterocycles. The monoisotopic (exact) mass is 430 g/mol. The summed E-state index contributed by atoms with van der Waals surface area (Å²) in [6, 6.07) is 16.1. The van der Waals surface area contributed by atoms with Gasteiger partial charge >= 0.3 is 11.9 Å². The summed E-state index contributed by atoms with van der Waals surface area (Å²) in [4.78, 5) is 34.2. The number of carboxylic acid groups (broad SMARTS) is 1. The molecular weight excluding hydrogens is 408 g/mol. The Balaban J connectivity index is 2.11. The highest BCUT2D eigenvalue weighted by Crippen LogP contribution is 2.25. The van der Waals surface area contributed by atoms with Crippen LogP contribution in [0.3, 0.4) is 0 Å². The lowest BCUT2D eigenvalue weighted by Gasteiger charge is -2.23. The fourth-order valence-corrected chi connectivity index (χ4v) is 3.07. The number of hydrogen-bond acceptors (Lipinski definition) is 5. The van der Waals surface area contributed by atoms with Crippen LogP contribution in [-0.2, 0) is 19.1 Å². The van der Waals surface area contributed by atoms with Crippen molar-refractivity contribution in [2.45, 2.75) is 19.1 Å². The van der Waals surface area contributed by atoms with Crippen molar-refractivity contribution in [2.75, 3.05) is 13.1 Å². The minimum atomic E-state index is -1.25. The number of benzene rings is 2. The van der Waals surface area contributed by atoms with E-state index in [0.717, 1.165) is 11.6 Å². The van der Waals surface area contributed by atoms with Crippen molar-refractivity contribution in [1.29, 1.82) is 0 Å². The molecule has 0 fully saturated rings. The maximum Gasteiger partial charge on any atom is 0.331 e. The molecule has 0 heterocycles. The summed E-state index contributed by atoms with van der Waals surface area (Å²) in [6.45, 7) is 2.03. The molecule has 0 aliphatic heterocycles. The molecule has 2 unspecified atom stereocenters. The van der Waals surface area contributed by atoms with E-state index in [0.29, 0.717) is 23.2 Å². The number of hydrogen-bond donors (Lipinski definition) is 3. The molecule has 0 spiro atoms. The van der Waals surface area contributed by atoms with Crippen LogP contribution in [-0.4, -0.2) is 36.0 Å². The molecule has 2 aromatic carbocycles. The number of carboxylic acids is 1. The molecule has 0 aliphatic carbocycles. The van der Waals surface area contributed by atoms with E-state index in [1.54, 1.807) is 24.3 Å². The minimum absolute atomic E-state index is 0.168. The Hall–Kier alpha value is -3.16. The number of carbonyl (C=O) groups excluding carboxylic acids is 2. The third-order valence-corrected chi connectivity index (χ3v) is 4.47. The van der Waals surface area contributed by atoms with Crippen molar-refractivity contribution >= 4 is 29.4 Å². The Morgan fingerprint density at radius 3 is 2.33 bits per heavy atom. The lowest BCUT2D eigenvalue weighted by atomic mass is 10.1. The van der Waals surface area contributed by atoms with Gasteiger partial charge in [0.25, 0.3) is 0 Å². The van der Waals surface area contributed by atoms with Crippen molar-refractivity contribution in [3.8, 4) is 0 Å². The van der Waals surface area contributed by atoms with E-state index in [2.05, 4.69) is 10.6 Å². The summed E-state index contributed by atoms with van der Waals surface area (Å²) in [5.74, 6) is -2.22. The molecule has 3 N–H and O–H groups in total. The summed E-state index contributed by atoms with van der Waals surface area (Å²) in [7, 11) is 0. The topological polar surface area (TPSA) is 105 Å². The molecule has 0 aliphatic rings. The first-order valence-corrected chi connectivity index (χ1v) is 9.63. The molecule has 8 heteroatoms. The number of esters is 1. The second-order valence-corrected chi connectivity index (χ2v) is 6.85. The summed E-state index contributed by atoms with van der Waals surface area (Å²) in [6.07, 6.45) is 0.802. The second-order valence-electron chi connectivity index (χ2n) is 6.44. The first-order valence-electron chi connectivity index (χ1n) is 9.25. The lowest BCUT2D eigenvalue weighted by molar-refractivity contribution is -0.143. The Morgan fingerprint density at radius 2 is 1.70 bits per heavy atom. The van der Waals surface area contributed by atoms with Crippen molar-refractivity contribution in [1.82, 2.24) is 10.6 Å². The predicted molar refractivity (Wildman–Crippen MR) is 113 cm³/mol. The Bertz CT molecular complexity index is 901. The maximum atomic E-state index is 12.0. The first kappa shape index (κ1) is 23.1. The van der Waals surface area contributed by atoms with Gasteiger partial charge in [-0.25, -0.2) is 9.59 Å². The molecule has 2 aromatic rings. The number of carbonyl (C=O) groups is 3. The zero-order chi connectivity index (χ0) is 21.9. The van der Waals surface area contributed by atoms with Gasteiger partial charge < -0.3 is 20.5 Å². The van der Waals surface area contributed by atoms with Crippen molar-refractivity contribution < 1.29 is 24.2 Å². The lowest BCUT2D eigenvalue weighted by Crippen LogP contribution is -2.36. The second kappa shape index (κ2) is 11.7. The molecular formula is C22H23ClN2O5. The van der Waals surface area contributed by atoms with E-state index in [-0.39, 0.29) is 18.5 Å². The van der Waals surface area contributed by atoms with Crippen LogP contribution >= 0.6 is 11.6 Å². The fourth-order valence-electron chi connectivity index (χ4n) is 2.81. The quantitative estimate of drug-likeness (QED) is 0.395. The standard InChI is InChI=1S/C22H23ClN2O5/c1-15(26)25-19(16-7-3-2-4-8-16)13-24-14-20(17-9-5-6-10-18(17)23)30-22(29)12-11-21(27)28/h2-12,19-20,24H,13-14H2,1H3,(H,25,26)(H,27,28)/b12-11+. The number of rotatable bonds is 10. The average molecular weight is 431 g/mol. The van der Waals surface area contributed by atoms with Gasteiger partial charge in [0.2, 0.25) is 5.91 Å². The van der Waals surface area contributed by atoms with Crippen LogP contribution in [0.15, 0.2) is 66.7 Å². The van der Waals surface area contributed by atoms with E-state index in [1.807, 2.05) is 30.3 Å². The van der Waals surface area contributed by atoms with E-state index in [1.165, 1.54) is 6.92 Å². The fraction of sp³-hybridized carbons (Fsp3) is 0.227. The third-order valence-electron chi connectivity index (χ3n) is 4.13. The summed E-state index contributed by atoms with van der Waals surface area (Å²) < 4.78 is 5.41. The molecule has 7 nitrogen and oxygen atoms in total. The van der Waals surface area contributed by atoms with Crippen LogP contribution in [0.25, 0.3) is 0 Å². The van der Waals surface area contributed by atoms with E-state index in [4.69, 9.17) is 21.4 Å². The normalized spacial score (nSPS) is 12.9.